The van der Waals surface area contributed by atoms with Gasteiger partial charge in [0.25, 0.3) is 5.91 Å². The zero-order chi connectivity index (χ0) is 19.9. The van der Waals surface area contributed by atoms with E-state index in [1.807, 2.05) is 0 Å². The number of nitrogens with one attached hydrogen (secondary N) is 2. The number of methoxy groups -OCH3 is 3. The van der Waals surface area contributed by atoms with Gasteiger partial charge in [0.05, 0.1) is 21.3 Å². The van der Waals surface area contributed by atoms with Gasteiger partial charge in [0.15, 0.2) is 18.1 Å². The number of hydrogen-bond donors (Lipinski definition) is 2. The fourth-order valence-corrected chi connectivity index (χ4v) is 2.01. The van der Waals surface area contributed by atoms with Crippen molar-refractivity contribution in [1.82, 2.24) is 10.6 Å². The molecule has 1 aromatic carbocycles. The molecule has 1 aromatic rings. The Bertz CT molecular complexity index is 680. The van der Waals surface area contributed by atoms with Gasteiger partial charge >= 0.3 is 12.0 Å². The third-order valence-electron chi connectivity index (χ3n) is 3.00. The minimum atomic E-state index is -0.811. The highest BCUT2D eigenvalue weighted by molar-refractivity contribution is 5.98. The molecule has 0 atom stereocenters. The maximum Gasteiger partial charge on any atom is 0.342 e. The molecule has 0 aliphatic rings. The second-order valence-corrected chi connectivity index (χ2v) is 6.21. The van der Waals surface area contributed by atoms with Crippen LogP contribution in [-0.4, -0.2) is 51.4 Å². The van der Waals surface area contributed by atoms with Gasteiger partial charge in [-0.1, -0.05) is 0 Å². The number of imide groups is 1. The highest BCUT2D eigenvalue weighted by Crippen LogP contribution is 2.39. The molecule has 0 spiro atoms. The number of amides is 3. The number of hydrogen-bond acceptors (Lipinski definition) is 7. The lowest BCUT2D eigenvalue weighted by molar-refractivity contribution is -0.123. The molecule has 0 radical (unpaired) electrons. The fourth-order valence-electron chi connectivity index (χ4n) is 2.01. The van der Waals surface area contributed by atoms with Gasteiger partial charge in [0.1, 0.15) is 5.56 Å². The standard InChI is InChI=1S/C17H24N2O7/c1-17(2,3)19-16(22)18-12(20)9-26-15(21)10-7-8-11(23-4)14(25-6)13(10)24-5/h7-8H,9H2,1-6H3,(H2,18,19,20,22). The van der Waals surface area contributed by atoms with E-state index in [9.17, 15) is 14.4 Å². The minimum Gasteiger partial charge on any atom is -0.493 e. The van der Waals surface area contributed by atoms with Gasteiger partial charge in [0.2, 0.25) is 5.75 Å². The summed E-state index contributed by atoms with van der Waals surface area (Å²) in [4.78, 5) is 35.6. The molecule has 0 saturated heterocycles. The summed E-state index contributed by atoms with van der Waals surface area (Å²) in [6.45, 7) is 4.66. The monoisotopic (exact) mass is 368 g/mol. The number of esters is 1. The summed E-state index contributed by atoms with van der Waals surface area (Å²) in [6.07, 6.45) is 0. The lowest BCUT2D eigenvalue weighted by Crippen LogP contribution is -2.49. The van der Waals surface area contributed by atoms with Crippen molar-refractivity contribution < 1.29 is 33.3 Å². The third-order valence-corrected chi connectivity index (χ3v) is 3.00. The number of carbonyl (C=O) groups excluding carboxylic acids is 3. The van der Waals surface area contributed by atoms with Gasteiger partial charge in [-0.25, -0.2) is 9.59 Å². The predicted molar refractivity (Wildman–Crippen MR) is 92.8 cm³/mol. The smallest absolute Gasteiger partial charge is 0.342 e. The van der Waals surface area contributed by atoms with E-state index >= 15 is 0 Å². The Kier molecular flexibility index (Phi) is 7.24. The van der Waals surface area contributed by atoms with Gasteiger partial charge in [-0.2, -0.15) is 0 Å². The van der Waals surface area contributed by atoms with E-state index in [1.54, 1.807) is 20.8 Å². The Labute approximate surface area is 151 Å². The van der Waals surface area contributed by atoms with Crippen LogP contribution < -0.4 is 24.8 Å². The van der Waals surface area contributed by atoms with Gasteiger partial charge < -0.3 is 24.3 Å². The second kappa shape index (κ2) is 8.93. The lowest BCUT2D eigenvalue weighted by atomic mass is 10.1. The molecular formula is C17H24N2O7. The van der Waals surface area contributed by atoms with E-state index in [1.165, 1.54) is 33.5 Å². The number of urea groups is 1. The van der Waals surface area contributed by atoms with Crippen molar-refractivity contribution in [2.24, 2.45) is 0 Å². The van der Waals surface area contributed by atoms with Crippen molar-refractivity contribution in [3.63, 3.8) is 0 Å². The van der Waals surface area contributed by atoms with Crippen LogP contribution in [0.2, 0.25) is 0 Å². The van der Waals surface area contributed by atoms with Gasteiger partial charge in [-0.3, -0.25) is 10.1 Å². The topological polar surface area (TPSA) is 112 Å². The van der Waals surface area contributed by atoms with Crippen LogP contribution in [0.25, 0.3) is 0 Å². The Hall–Kier alpha value is -2.97. The average molecular weight is 368 g/mol. The van der Waals surface area contributed by atoms with Crippen molar-refractivity contribution in [3.8, 4) is 17.2 Å². The minimum absolute atomic E-state index is 0.0529. The normalized spacial score (nSPS) is 10.5. The quantitative estimate of drug-likeness (QED) is 0.732. The SMILES string of the molecule is COc1ccc(C(=O)OCC(=O)NC(=O)NC(C)(C)C)c(OC)c1OC. The van der Waals surface area contributed by atoms with E-state index in [2.05, 4.69) is 10.6 Å². The highest BCUT2D eigenvalue weighted by Gasteiger charge is 2.23. The van der Waals surface area contributed by atoms with E-state index in [0.29, 0.717) is 5.75 Å². The first-order chi connectivity index (χ1) is 12.1. The Morgan fingerprint density at radius 3 is 2.08 bits per heavy atom. The van der Waals surface area contributed by atoms with Crippen LogP contribution in [-0.2, 0) is 9.53 Å². The van der Waals surface area contributed by atoms with Crippen molar-refractivity contribution >= 4 is 17.9 Å². The van der Waals surface area contributed by atoms with Crippen molar-refractivity contribution in [1.29, 1.82) is 0 Å². The summed E-state index contributed by atoms with van der Waals surface area (Å²) in [5.41, 5.74) is -0.453. The van der Waals surface area contributed by atoms with E-state index in [-0.39, 0.29) is 17.1 Å². The summed E-state index contributed by atoms with van der Waals surface area (Å²) >= 11 is 0. The van der Waals surface area contributed by atoms with Crippen LogP contribution in [0.5, 0.6) is 17.2 Å². The van der Waals surface area contributed by atoms with E-state index < -0.39 is 30.1 Å². The first-order valence-corrected chi connectivity index (χ1v) is 7.71. The van der Waals surface area contributed by atoms with Crippen LogP contribution in [0.4, 0.5) is 4.79 Å². The molecule has 0 saturated carbocycles. The third kappa shape index (κ3) is 5.83. The first kappa shape index (κ1) is 21.1. The highest BCUT2D eigenvalue weighted by atomic mass is 16.5. The molecule has 0 bridgehead atoms. The predicted octanol–water partition coefficient (Wildman–Crippen LogP) is 1.49. The molecule has 144 valence electrons. The molecule has 0 unspecified atom stereocenters. The molecule has 2 N–H and O–H groups in total. The Morgan fingerprint density at radius 1 is 0.962 bits per heavy atom. The number of benzene rings is 1. The summed E-state index contributed by atoms with van der Waals surface area (Å²) in [7, 11) is 4.21. The van der Waals surface area contributed by atoms with Crippen molar-refractivity contribution in [3.05, 3.63) is 17.7 Å². The molecule has 9 nitrogen and oxygen atoms in total. The largest absolute Gasteiger partial charge is 0.493 e. The van der Waals surface area contributed by atoms with Crippen molar-refractivity contribution in [2.75, 3.05) is 27.9 Å². The molecule has 0 aliphatic carbocycles. The van der Waals surface area contributed by atoms with Gasteiger partial charge in [-0.05, 0) is 32.9 Å². The van der Waals surface area contributed by atoms with Crippen LogP contribution in [0.3, 0.4) is 0 Å². The summed E-state index contributed by atoms with van der Waals surface area (Å²) in [5, 5.41) is 4.62. The van der Waals surface area contributed by atoms with Gasteiger partial charge in [0, 0.05) is 5.54 Å². The molecule has 0 aliphatic heterocycles. The molecule has 9 heteroatoms. The zero-order valence-electron chi connectivity index (χ0n) is 15.7. The van der Waals surface area contributed by atoms with Crippen LogP contribution in [0.15, 0.2) is 12.1 Å². The first-order valence-electron chi connectivity index (χ1n) is 7.71. The average Bonchev–Trinajstić information content (AvgIpc) is 2.56. The fraction of sp³-hybridized carbons (Fsp3) is 0.471. The van der Waals surface area contributed by atoms with Crippen LogP contribution in [0.1, 0.15) is 31.1 Å². The maximum atomic E-state index is 12.2. The van der Waals surface area contributed by atoms with Crippen LogP contribution in [0, 0.1) is 0 Å². The Morgan fingerprint density at radius 2 is 1.58 bits per heavy atom. The molecule has 1 rings (SSSR count). The van der Waals surface area contributed by atoms with Gasteiger partial charge in [-0.15, -0.1) is 0 Å². The molecule has 3 amide bonds. The molecule has 0 aromatic heterocycles. The molecular weight excluding hydrogens is 344 g/mol. The maximum absolute atomic E-state index is 12.2. The summed E-state index contributed by atoms with van der Waals surface area (Å²) in [5.74, 6) is -0.868. The van der Waals surface area contributed by atoms with Crippen molar-refractivity contribution in [2.45, 2.75) is 26.3 Å². The van der Waals surface area contributed by atoms with E-state index in [4.69, 9.17) is 18.9 Å². The molecule has 0 fully saturated rings. The molecule has 0 heterocycles. The number of rotatable bonds is 6. The lowest BCUT2D eigenvalue weighted by Gasteiger charge is -2.20. The van der Waals surface area contributed by atoms with E-state index in [0.717, 1.165) is 0 Å². The zero-order valence-corrected chi connectivity index (χ0v) is 15.7. The number of ether oxygens (including phenoxy) is 4. The molecule has 26 heavy (non-hydrogen) atoms. The summed E-state index contributed by atoms with van der Waals surface area (Å²) < 4.78 is 20.4. The summed E-state index contributed by atoms with van der Waals surface area (Å²) in [6, 6.07) is 2.25. The second-order valence-electron chi connectivity index (χ2n) is 6.21. The van der Waals surface area contributed by atoms with Crippen LogP contribution >= 0.6 is 0 Å². The Balaban J connectivity index is 2.77. The number of carbonyl (C=O) groups is 3.